The van der Waals surface area contributed by atoms with Gasteiger partial charge in [0.25, 0.3) is 5.91 Å². The number of likely N-dealkylation sites (tertiary alicyclic amines) is 1. The quantitative estimate of drug-likeness (QED) is 0.678. The van der Waals surface area contributed by atoms with Gasteiger partial charge in [-0.1, -0.05) is 19.1 Å². The number of hydrogen-bond donors (Lipinski definition) is 3. The average molecular weight is 407 g/mol. The van der Waals surface area contributed by atoms with Crippen LogP contribution in [0.2, 0.25) is 0 Å². The second-order valence-corrected chi connectivity index (χ2v) is 6.89. The fourth-order valence-corrected chi connectivity index (χ4v) is 3.43. The van der Waals surface area contributed by atoms with Gasteiger partial charge in [-0.3, -0.25) is 14.4 Å². The maximum Gasteiger partial charge on any atom is 0.257 e. The van der Waals surface area contributed by atoms with Gasteiger partial charge in [-0.25, -0.2) is 0 Å². The molecule has 2 heterocycles. The minimum Gasteiger partial charge on any atom is -0.360 e. The molecule has 28 heavy (non-hydrogen) atoms. The fraction of sp³-hybridized carbons (Fsp3) is 0.450. The third-order valence-electron chi connectivity index (χ3n) is 5.08. The first-order chi connectivity index (χ1) is 13.1. The molecular formula is C20H27ClN4O3. The maximum atomic E-state index is 12.5. The minimum absolute atomic E-state index is 0. The standard InChI is InChI=1S/C20H26N4O3.ClH/c1-2-21-11-14-7-9-24(10-8-14)18(25)13-23-20(27)16-12-22-17-6-4-3-5-15(17)19(16)26;/h3-6,12,14,21H,2,7-11,13H2,1H3,(H,22,26)(H,23,27);1H. The number of para-hydroxylation sites is 1. The molecule has 3 rings (SSSR count). The summed E-state index contributed by atoms with van der Waals surface area (Å²) in [5, 5.41) is 6.39. The summed E-state index contributed by atoms with van der Waals surface area (Å²) in [6.45, 7) is 5.35. The number of benzene rings is 1. The highest BCUT2D eigenvalue weighted by molar-refractivity contribution is 5.98. The van der Waals surface area contributed by atoms with Crippen molar-refractivity contribution in [3.63, 3.8) is 0 Å². The van der Waals surface area contributed by atoms with Crippen molar-refractivity contribution in [3.8, 4) is 0 Å². The number of carbonyl (C=O) groups excluding carboxylic acids is 2. The number of nitrogens with zero attached hydrogens (tertiary/aromatic N) is 1. The normalized spacial score (nSPS) is 14.5. The molecule has 1 aliphatic rings. The topological polar surface area (TPSA) is 94.3 Å². The summed E-state index contributed by atoms with van der Waals surface area (Å²) >= 11 is 0. The molecule has 0 bridgehead atoms. The van der Waals surface area contributed by atoms with E-state index in [1.165, 1.54) is 6.20 Å². The number of nitrogens with one attached hydrogen (secondary N) is 3. The smallest absolute Gasteiger partial charge is 0.257 e. The molecule has 1 fully saturated rings. The third-order valence-corrected chi connectivity index (χ3v) is 5.08. The first-order valence-corrected chi connectivity index (χ1v) is 9.47. The van der Waals surface area contributed by atoms with E-state index in [1.54, 1.807) is 23.1 Å². The second-order valence-electron chi connectivity index (χ2n) is 6.89. The Kier molecular flexibility index (Phi) is 8.02. The van der Waals surface area contributed by atoms with E-state index < -0.39 is 5.91 Å². The van der Waals surface area contributed by atoms with Crippen molar-refractivity contribution in [2.24, 2.45) is 5.92 Å². The van der Waals surface area contributed by atoms with Gasteiger partial charge < -0.3 is 20.5 Å². The van der Waals surface area contributed by atoms with Crippen molar-refractivity contribution >= 4 is 35.1 Å². The number of aromatic nitrogens is 1. The lowest BCUT2D eigenvalue weighted by Gasteiger charge is -2.32. The van der Waals surface area contributed by atoms with Crippen LogP contribution >= 0.6 is 12.4 Å². The molecule has 2 amide bonds. The summed E-state index contributed by atoms with van der Waals surface area (Å²) in [6.07, 6.45) is 3.34. The fourth-order valence-electron chi connectivity index (χ4n) is 3.43. The van der Waals surface area contributed by atoms with Gasteiger partial charge in [0, 0.05) is 30.2 Å². The van der Waals surface area contributed by atoms with Crippen LogP contribution in [0.25, 0.3) is 10.9 Å². The van der Waals surface area contributed by atoms with Crippen LogP contribution in [0.15, 0.2) is 35.3 Å². The van der Waals surface area contributed by atoms with Crippen LogP contribution in [0, 0.1) is 5.92 Å². The van der Waals surface area contributed by atoms with E-state index in [0.29, 0.717) is 29.9 Å². The van der Waals surface area contributed by atoms with Gasteiger partial charge in [0.05, 0.1) is 6.54 Å². The highest BCUT2D eigenvalue weighted by atomic mass is 35.5. The third kappa shape index (κ3) is 5.11. The van der Waals surface area contributed by atoms with Crippen molar-refractivity contribution < 1.29 is 9.59 Å². The van der Waals surface area contributed by atoms with Crippen LogP contribution in [0.5, 0.6) is 0 Å². The molecule has 152 valence electrons. The van der Waals surface area contributed by atoms with E-state index >= 15 is 0 Å². The van der Waals surface area contributed by atoms with E-state index in [2.05, 4.69) is 22.5 Å². The SMILES string of the molecule is CCNCC1CCN(C(=O)CNC(=O)c2c[nH]c3ccccc3c2=O)CC1.Cl. The molecule has 2 aromatic rings. The van der Waals surface area contributed by atoms with Gasteiger partial charge >= 0.3 is 0 Å². The lowest BCUT2D eigenvalue weighted by Crippen LogP contribution is -2.45. The number of pyridine rings is 1. The number of halogens is 1. The van der Waals surface area contributed by atoms with Crippen molar-refractivity contribution in [1.82, 2.24) is 20.5 Å². The molecule has 3 N–H and O–H groups in total. The molecule has 1 aromatic heterocycles. The molecule has 0 spiro atoms. The Labute approximate surface area is 170 Å². The van der Waals surface area contributed by atoms with Gasteiger partial charge in [0.2, 0.25) is 11.3 Å². The van der Waals surface area contributed by atoms with Crippen LogP contribution in [0.3, 0.4) is 0 Å². The summed E-state index contributed by atoms with van der Waals surface area (Å²) in [6, 6.07) is 7.02. The predicted octanol–water partition coefficient (Wildman–Crippen LogP) is 1.53. The second kappa shape index (κ2) is 10.2. The predicted molar refractivity (Wildman–Crippen MR) is 112 cm³/mol. The van der Waals surface area contributed by atoms with E-state index in [9.17, 15) is 14.4 Å². The Bertz CT molecular complexity index is 875. The lowest BCUT2D eigenvalue weighted by atomic mass is 9.97. The van der Waals surface area contributed by atoms with Gasteiger partial charge in [-0.05, 0) is 44.0 Å². The largest absolute Gasteiger partial charge is 0.360 e. The zero-order chi connectivity index (χ0) is 19.2. The van der Waals surface area contributed by atoms with Gasteiger partial charge in [-0.15, -0.1) is 12.4 Å². The maximum absolute atomic E-state index is 12.5. The Morgan fingerprint density at radius 2 is 1.93 bits per heavy atom. The van der Waals surface area contributed by atoms with Crippen LogP contribution in [0.1, 0.15) is 30.1 Å². The highest BCUT2D eigenvalue weighted by Gasteiger charge is 2.23. The van der Waals surface area contributed by atoms with Gasteiger partial charge in [0.15, 0.2) is 0 Å². The highest BCUT2D eigenvalue weighted by Crippen LogP contribution is 2.16. The molecule has 1 aromatic carbocycles. The Balaban J connectivity index is 0.00000280. The van der Waals surface area contributed by atoms with E-state index in [-0.39, 0.29) is 35.9 Å². The lowest BCUT2D eigenvalue weighted by molar-refractivity contribution is -0.131. The first kappa shape index (κ1) is 21.9. The molecule has 1 aliphatic heterocycles. The van der Waals surface area contributed by atoms with Crippen LogP contribution in [-0.4, -0.2) is 54.4 Å². The number of fused-ring (bicyclic) bond motifs is 1. The number of rotatable bonds is 6. The number of carbonyl (C=O) groups is 2. The Morgan fingerprint density at radius 1 is 1.21 bits per heavy atom. The molecule has 7 nitrogen and oxygen atoms in total. The Morgan fingerprint density at radius 3 is 2.64 bits per heavy atom. The zero-order valence-electron chi connectivity index (χ0n) is 16.0. The minimum atomic E-state index is -0.530. The van der Waals surface area contributed by atoms with E-state index in [1.807, 2.05) is 6.07 Å². The molecule has 0 saturated carbocycles. The van der Waals surface area contributed by atoms with Crippen molar-refractivity contribution in [1.29, 1.82) is 0 Å². The first-order valence-electron chi connectivity index (χ1n) is 9.47. The number of H-pyrrole nitrogens is 1. The van der Waals surface area contributed by atoms with Gasteiger partial charge in [-0.2, -0.15) is 0 Å². The molecule has 0 atom stereocenters. The molecule has 8 heteroatoms. The van der Waals surface area contributed by atoms with Crippen LogP contribution in [-0.2, 0) is 4.79 Å². The summed E-state index contributed by atoms with van der Waals surface area (Å²) in [4.78, 5) is 41.9. The van der Waals surface area contributed by atoms with Gasteiger partial charge in [0.1, 0.15) is 5.56 Å². The summed E-state index contributed by atoms with van der Waals surface area (Å²) in [7, 11) is 0. The van der Waals surface area contributed by atoms with Crippen molar-refractivity contribution in [2.45, 2.75) is 19.8 Å². The van der Waals surface area contributed by atoms with Crippen molar-refractivity contribution in [3.05, 3.63) is 46.2 Å². The van der Waals surface area contributed by atoms with Crippen molar-refractivity contribution in [2.75, 3.05) is 32.7 Å². The summed E-state index contributed by atoms with van der Waals surface area (Å²) in [5.41, 5.74) is 0.361. The van der Waals surface area contributed by atoms with E-state index in [4.69, 9.17) is 0 Å². The van der Waals surface area contributed by atoms with E-state index in [0.717, 1.165) is 25.9 Å². The number of amides is 2. The monoisotopic (exact) mass is 406 g/mol. The summed E-state index contributed by atoms with van der Waals surface area (Å²) < 4.78 is 0. The molecule has 0 aliphatic carbocycles. The number of piperidine rings is 1. The van der Waals surface area contributed by atoms with Crippen LogP contribution < -0.4 is 16.1 Å². The molecule has 1 saturated heterocycles. The Hall–Kier alpha value is -2.38. The van der Waals surface area contributed by atoms with Crippen LogP contribution in [0.4, 0.5) is 0 Å². The molecular weight excluding hydrogens is 380 g/mol. The molecule has 0 radical (unpaired) electrons. The number of hydrogen-bond acceptors (Lipinski definition) is 4. The zero-order valence-corrected chi connectivity index (χ0v) is 16.8. The average Bonchev–Trinajstić information content (AvgIpc) is 2.71. The number of aromatic amines is 1. The summed E-state index contributed by atoms with van der Waals surface area (Å²) in [5.74, 6) is -0.0420. The molecule has 0 unspecified atom stereocenters.